The van der Waals surface area contributed by atoms with Crippen LogP contribution in [0.5, 0.6) is 5.75 Å². The molecule has 3 rings (SSSR count). The smallest absolute Gasteiger partial charge is 0.266 e. The Morgan fingerprint density at radius 1 is 0.923 bits per heavy atom. The SMILES string of the molecule is CC(C)(Oc1ccc(C(=O)c2ccc(Cl)cc2)cc1)C(=O)N1CCCC1. The Hall–Kier alpha value is -2.33. The lowest BCUT2D eigenvalue weighted by Crippen LogP contribution is -2.47. The van der Waals surface area contributed by atoms with E-state index >= 15 is 0 Å². The average Bonchev–Trinajstić information content (AvgIpc) is 3.16. The van der Waals surface area contributed by atoms with Crippen molar-refractivity contribution in [2.45, 2.75) is 32.3 Å². The molecule has 0 spiro atoms. The number of hydrogen-bond acceptors (Lipinski definition) is 3. The maximum Gasteiger partial charge on any atom is 0.266 e. The number of hydrogen-bond donors (Lipinski definition) is 0. The number of benzene rings is 2. The summed E-state index contributed by atoms with van der Waals surface area (Å²) in [5, 5.41) is 0.593. The van der Waals surface area contributed by atoms with Gasteiger partial charge in [0.15, 0.2) is 11.4 Å². The number of ketones is 1. The van der Waals surface area contributed by atoms with Crippen LogP contribution in [-0.4, -0.2) is 35.3 Å². The van der Waals surface area contributed by atoms with Crippen molar-refractivity contribution in [3.63, 3.8) is 0 Å². The van der Waals surface area contributed by atoms with E-state index in [2.05, 4.69) is 0 Å². The van der Waals surface area contributed by atoms with Crippen LogP contribution in [0, 0.1) is 0 Å². The average molecular weight is 372 g/mol. The molecule has 136 valence electrons. The summed E-state index contributed by atoms with van der Waals surface area (Å²) < 4.78 is 5.91. The highest BCUT2D eigenvalue weighted by molar-refractivity contribution is 6.30. The molecule has 0 saturated carbocycles. The number of likely N-dealkylation sites (tertiary alicyclic amines) is 1. The third-order valence-electron chi connectivity index (χ3n) is 4.50. The van der Waals surface area contributed by atoms with Crippen molar-refractivity contribution in [2.75, 3.05) is 13.1 Å². The van der Waals surface area contributed by atoms with Crippen LogP contribution >= 0.6 is 11.6 Å². The van der Waals surface area contributed by atoms with E-state index in [4.69, 9.17) is 16.3 Å². The topological polar surface area (TPSA) is 46.6 Å². The summed E-state index contributed by atoms with van der Waals surface area (Å²) in [5.74, 6) is 0.479. The first-order chi connectivity index (χ1) is 12.4. The maximum absolute atomic E-state index is 12.6. The highest BCUT2D eigenvalue weighted by atomic mass is 35.5. The summed E-state index contributed by atoms with van der Waals surface area (Å²) >= 11 is 5.86. The second-order valence-corrected chi connectivity index (χ2v) is 7.41. The maximum atomic E-state index is 12.6. The third-order valence-corrected chi connectivity index (χ3v) is 4.76. The highest BCUT2D eigenvalue weighted by Gasteiger charge is 2.35. The van der Waals surface area contributed by atoms with Gasteiger partial charge in [0.1, 0.15) is 5.75 Å². The Morgan fingerprint density at radius 3 is 1.96 bits per heavy atom. The lowest BCUT2D eigenvalue weighted by Gasteiger charge is -2.29. The molecule has 5 heteroatoms. The Labute approximate surface area is 158 Å². The predicted octanol–water partition coefficient (Wildman–Crippen LogP) is 4.35. The van der Waals surface area contributed by atoms with Gasteiger partial charge in [-0.05, 0) is 75.2 Å². The van der Waals surface area contributed by atoms with Crippen LogP contribution in [-0.2, 0) is 4.79 Å². The van der Waals surface area contributed by atoms with Gasteiger partial charge >= 0.3 is 0 Å². The van der Waals surface area contributed by atoms with Gasteiger partial charge < -0.3 is 9.64 Å². The first-order valence-electron chi connectivity index (χ1n) is 8.75. The molecule has 0 aliphatic carbocycles. The number of nitrogens with zero attached hydrogens (tertiary/aromatic N) is 1. The molecule has 1 saturated heterocycles. The van der Waals surface area contributed by atoms with Crippen LogP contribution in [0.25, 0.3) is 0 Å². The van der Waals surface area contributed by atoms with Gasteiger partial charge in [-0.25, -0.2) is 0 Å². The van der Waals surface area contributed by atoms with Gasteiger partial charge in [0.25, 0.3) is 5.91 Å². The van der Waals surface area contributed by atoms with Crippen LogP contribution < -0.4 is 4.74 Å². The standard InChI is InChI=1S/C21H22ClNO3/c1-21(2,20(25)23-13-3-4-14-23)26-18-11-7-16(8-12-18)19(24)15-5-9-17(22)10-6-15/h5-12H,3-4,13-14H2,1-2H3. The molecule has 0 radical (unpaired) electrons. The first-order valence-corrected chi connectivity index (χ1v) is 9.13. The third kappa shape index (κ3) is 4.07. The van der Waals surface area contributed by atoms with E-state index in [1.54, 1.807) is 62.4 Å². The number of halogens is 1. The summed E-state index contributed by atoms with van der Waals surface area (Å²) in [4.78, 5) is 26.9. The van der Waals surface area contributed by atoms with Crippen LogP contribution in [0.4, 0.5) is 0 Å². The van der Waals surface area contributed by atoms with Gasteiger partial charge in [-0.2, -0.15) is 0 Å². The number of ether oxygens (including phenoxy) is 1. The van der Waals surface area contributed by atoms with Crippen LogP contribution in [0.2, 0.25) is 5.02 Å². The normalized spacial score (nSPS) is 14.3. The zero-order chi connectivity index (χ0) is 18.7. The van der Waals surface area contributed by atoms with E-state index in [0.29, 0.717) is 21.9 Å². The lowest BCUT2D eigenvalue weighted by molar-refractivity contribution is -0.144. The van der Waals surface area contributed by atoms with E-state index in [1.165, 1.54) is 0 Å². The monoisotopic (exact) mass is 371 g/mol. The van der Waals surface area contributed by atoms with Gasteiger partial charge in [-0.3, -0.25) is 9.59 Å². The zero-order valence-electron chi connectivity index (χ0n) is 15.0. The molecular formula is C21H22ClNO3. The van der Waals surface area contributed by atoms with Crippen molar-refractivity contribution >= 4 is 23.3 Å². The molecular weight excluding hydrogens is 350 g/mol. The molecule has 0 bridgehead atoms. The quantitative estimate of drug-likeness (QED) is 0.734. The van der Waals surface area contributed by atoms with E-state index in [0.717, 1.165) is 25.9 Å². The largest absolute Gasteiger partial charge is 0.478 e. The van der Waals surface area contributed by atoms with Crippen LogP contribution in [0.15, 0.2) is 48.5 Å². The molecule has 1 fully saturated rings. The number of rotatable bonds is 5. The number of amides is 1. The van der Waals surface area contributed by atoms with Gasteiger partial charge in [0.2, 0.25) is 0 Å². The zero-order valence-corrected chi connectivity index (χ0v) is 15.8. The molecule has 26 heavy (non-hydrogen) atoms. The van der Waals surface area contributed by atoms with Gasteiger partial charge in [-0.15, -0.1) is 0 Å². The van der Waals surface area contributed by atoms with E-state index in [1.807, 2.05) is 4.90 Å². The minimum Gasteiger partial charge on any atom is -0.478 e. The molecule has 4 nitrogen and oxygen atoms in total. The molecule has 1 heterocycles. The Morgan fingerprint density at radius 2 is 1.42 bits per heavy atom. The van der Waals surface area contributed by atoms with Crippen molar-refractivity contribution < 1.29 is 14.3 Å². The van der Waals surface area contributed by atoms with Crippen molar-refractivity contribution in [3.8, 4) is 5.75 Å². The number of carbonyl (C=O) groups excluding carboxylic acids is 2. The van der Waals surface area contributed by atoms with Crippen molar-refractivity contribution in [1.82, 2.24) is 4.90 Å². The molecule has 1 aliphatic rings. The molecule has 0 N–H and O–H groups in total. The van der Waals surface area contributed by atoms with Gasteiger partial charge in [0.05, 0.1) is 0 Å². The predicted molar refractivity (Wildman–Crippen MR) is 102 cm³/mol. The van der Waals surface area contributed by atoms with E-state index < -0.39 is 5.60 Å². The Kier molecular flexibility index (Phi) is 5.33. The molecule has 2 aromatic carbocycles. The van der Waals surface area contributed by atoms with Crippen molar-refractivity contribution in [1.29, 1.82) is 0 Å². The van der Waals surface area contributed by atoms with Crippen LogP contribution in [0.1, 0.15) is 42.6 Å². The van der Waals surface area contributed by atoms with Crippen molar-refractivity contribution in [2.24, 2.45) is 0 Å². The van der Waals surface area contributed by atoms with Crippen molar-refractivity contribution in [3.05, 3.63) is 64.7 Å². The summed E-state index contributed by atoms with van der Waals surface area (Å²) in [6, 6.07) is 13.7. The molecule has 1 aliphatic heterocycles. The molecule has 0 aromatic heterocycles. The van der Waals surface area contributed by atoms with Gasteiger partial charge in [0, 0.05) is 29.2 Å². The van der Waals surface area contributed by atoms with Crippen LogP contribution in [0.3, 0.4) is 0 Å². The minimum atomic E-state index is -0.938. The molecule has 0 unspecified atom stereocenters. The van der Waals surface area contributed by atoms with E-state index in [9.17, 15) is 9.59 Å². The summed E-state index contributed by atoms with van der Waals surface area (Å²) in [7, 11) is 0. The fraction of sp³-hybridized carbons (Fsp3) is 0.333. The highest BCUT2D eigenvalue weighted by Crippen LogP contribution is 2.23. The Bertz CT molecular complexity index is 791. The number of carbonyl (C=O) groups is 2. The fourth-order valence-corrected chi connectivity index (χ4v) is 3.21. The second-order valence-electron chi connectivity index (χ2n) is 6.97. The molecule has 1 amide bonds. The summed E-state index contributed by atoms with van der Waals surface area (Å²) in [5.41, 5.74) is 0.197. The fourth-order valence-electron chi connectivity index (χ4n) is 3.08. The lowest BCUT2D eigenvalue weighted by atomic mass is 10.0. The molecule has 2 aromatic rings. The first kappa shape index (κ1) is 18.5. The summed E-state index contributed by atoms with van der Waals surface area (Å²) in [6.45, 7) is 5.14. The van der Waals surface area contributed by atoms with Gasteiger partial charge in [-0.1, -0.05) is 11.6 Å². The Balaban J connectivity index is 1.69. The van der Waals surface area contributed by atoms with E-state index in [-0.39, 0.29) is 11.7 Å². The molecule has 0 atom stereocenters. The minimum absolute atomic E-state index is 0.00341. The summed E-state index contributed by atoms with van der Waals surface area (Å²) in [6.07, 6.45) is 2.09. The second kappa shape index (κ2) is 7.50.